The highest BCUT2D eigenvalue weighted by Crippen LogP contribution is 2.55. The maximum Gasteiger partial charge on any atom is 0.163 e. The summed E-state index contributed by atoms with van der Waals surface area (Å²) in [6.45, 7) is 4.32. The fraction of sp³-hybridized carbons (Fsp3) is 0.500. The average molecular weight is 405 g/mol. The third kappa shape index (κ3) is 3.62. The molecule has 1 saturated carbocycles. The zero-order chi connectivity index (χ0) is 20.4. The molecule has 0 aromatic heterocycles. The topological polar surface area (TPSA) is 34.1 Å². The Hall–Kier alpha value is -2.33. The van der Waals surface area contributed by atoms with Gasteiger partial charge in [-0.15, -0.1) is 0 Å². The van der Waals surface area contributed by atoms with Crippen LogP contribution in [0.25, 0.3) is 0 Å². The van der Waals surface area contributed by atoms with E-state index in [9.17, 15) is 0 Å². The molecule has 0 unspecified atom stereocenters. The molecule has 4 nitrogen and oxygen atoms in total. The van der Waals surface area contributed by atoms with Crippen molar-refractivity contribution < 1.29 is 9.47 Å². The van der Waals surface area contributed by atoms with Gasteiger partial charge in [-0.2, -0.15) is 0 Å². The maximum atomic E-state index is 6.17. The van der Waals surface area contributed by atoms with Crippen molar-refractivity contribution in [3.8, 4) is 11.5 Å². The molecule has 2 aromatic carbocycles. The summed E-state index contributed by atoms with van der Waals surface area (Å²) in [5.74, 6) is 1.68. The van der Waals surface area contributed by atoms with Gasteiger partial charge in [0.1, 0.15) is 0 Å². The van der Waals surface area contributed by atoms with Crippen molar-refractivity contribution in [3.05, 3.63) is 53.6 Å². The van der Waals surface area contributed by atoms with Gasteiger partial charge >= 0.3 is 0 Å². The fourth-order valence-electron chi connectivity index (χ4n) is 5.27. The zero-order valence-corrected chi connectivity index (χ0v) is 18.0. The predicted octanol–water partition coefficient (Wildman–Crippen LogP) is 5.31. The van der Waals surface area contributed by atoms with E-state index in [0.29, 0.717) is 0 Å². The van der Waals surface area contributed by atoms with Crippen LogP contribution in [0.1, 0.15) is 49.7 Å². The van der Waals surface area contributed by atoms with Gasteiger partial charge in [-0.05, 0) is 62.4 Å². The first-order valence-corrected chi connectivity index (χ1v) is 11.5. The molecule has 1 aliphatic carbocycles. The largest absolute Gasteiger partial charge is 0.493 e. The predicted molar refractivity (Wildman–Crippen MR) is 122 cm³/mol. The van der Waals surface area contributed by atoms with Crippen LogP contribution in [0.4, 0.5) is 5.69 Å². The maximum absolute atomic E-state index is 6.17. The number of fused-ring (bicyclic) bond motifs is 2. The van der Waals surface area contributed by atoms with Crippen LogP contribution in [-0.4, -0.2) is 44.0 Å². The van der Waals surface area contributed by atoms with Gasteiger partial charge in [-0.1, -0.05) is 36.8 Å². The Morgan fingerprint density at radius 2 is 1.80 bits per heavy atom. The third-order valence-corrected chi connectivity index (χ3v) is 7.10. The molecule has 0 bridgehead atoms. The molecule has 1 saturated heterocycles. The lowest BCUT2D eigenvalue weighted by atomic mass is 9.61. The van der Waals surface area contributed by atoms with E-state index in [4.69, 9.17) is 14.5 Å². The Labute approximate surface area is 179 Å². The first-order valence-electron chi connectivity index (χ1n) is 11.5. The molecule has 0 radical (unpaired) electrons. The summed E-state index contributed by atoms with van der Waals surface area (Å²) >= 11 is 0. The summed E-state index contributed by atoms with van der Waals surface area (Å²) in [6, 6.07) is 15.0. The van der Waals surface area contributed by atoms with E-state index in [1.165, 1.54) is 62.0 Å². The Morgan fingerprint density at radius 3 is 2.50 bits per heavy atom. The number of rotatable bonds is 8. The number of likely N-dealkylation sites (tertiary alicyclic amines) is 1. The monoisotopic (exact) mass is 404 g/mol. The average Bonchev–Trinajstić information content (AvgIpc) is 3.36. The van der Waals surface area contributed by atoms with Gasteiger partial charge in [0.25, 0.3) is 0 Å². The number of methoxy groups -OCH3 is 1. The van der Waals surface area contributed by atoms with Gasteiger partial charge in [0.2, 0.25) is 0 Å². The van der Waals surface area contributed by atoms with E-state index in [2.05, 4.69) is 47.4 Å². The van der Waals surface area contributed by atoms with Crippen molar-refractivity contribution in [2.24, 2.45) is 4.99 Å². The van der Waals surface area contributed by atoms with Gasteiger partial charge < -0.3 is 14.4 Å². The smallest absolute Gasteiger partial charge is 0.163 e. The van der Waals surface area contributed by atoms with Crippen LogP contribution in [0, 0.1) is 0 Å². The van der Waals surface area contributed by atoms with Crippen molar-refractivity contribution in [3.63, 3.8) is 0 Å². The number of benzene rings is 2. The normalized spacial score (nSPS) is 19.4. The lowest BCUT2D eigenvalue weighted by molar-refractivity contribution is 0.254. The summed E-state index contributed by atoms with van der Waals surface area (Å²) in [4.78, 5) is 7.65. The highest BCUT2D eigenvalue weighted by Gasteiger charge is 2.48. The molecule has 2 aliphatic heterocycles. The lowest BCUT2D eigenvalue weighted by Crippen LogP contribution is -2.41. The minimum absolute atomic E-state index is 0.104. The summed E-state index contributed by atoms with van der Waals surface area (Å²) in [6.07, 6.45) is 8.28. The molecule has 4 heteroatoms. The molecular formula is C26H32N2O2. The van der Waals surface area contributed by atoms with Crippen molar-refractivity contribution in [1.29, 1.82) is 0 Å². The van der Waals surface area contributed by atoms with E-state index in [0.717, 1.165) is 43.2 Å². The first kappa shape index (κ1) is 19.6. The van der Waals surface area contributed by atoms with Crippen LogP contribution in [0.5, 0.6) is 11.5 Å². The van der Waals surface area contributed by atoms with Crippen molar-refractivity contribution >= 4 is 11.4 Å². The molecule has 2 heterocycles. The van der Waals surface area contributed by atoms with Crippen LogP contribution in [-0.2, 0) is 11.8 Å². The van der Waals surface area contributed by atoms with Gasteiger partial charge in [0, 0.05) is 30.2 Å². The SMILES string of the molecule is COc1cc2c(cc1OCCCN1CCCC1)N=C(Cc1ccccc1)C21CCC1. The molecule has 5 rings (SSSR count). The van der Waals surface area contributed by atoms with E-state index >= 15 is 0 Å². The quantitative estimate of drug-likeness (QED) is 0.559. The summed E-state index contributed by atoms with van der Waals surface area (Å²) in [7, 11) is 1.74. The Bertz CT molecular complexity index is 912. The Morgan fingerprint density at radius 1 is 1.00 bits per heavy atom. The number of hydrogen-bond acceptors (Lipinski definition) is 4. The van der Waals surface area contributed by atoms with Crippen molar-refractivity contribution in [2.75, 3.05) is 33.4 Å². The second kappa shape index (κ2) is 8.43. The molecule has 0 N–H and O–H groups in total. The fourth-order valence-corrected chi connectivity index (χ4v) is 5.27. The molecule has 2 aromatic rings. The summed E-state index contributed by atoms with van der Waals surface area (Å²) in [5.41, 5.74) is 5.16. The molecule has 0 atom stereocenters. The van der Waals surface area contributed by atoms with E-state index in [-0.39, 0.29) is 5.41 Å². The molecule has 2 fully saturated rings. The van der Waals surface area contributed by atoms with Crippen LogP contribution in [0.2, 0.25) is 0 Å². The highest BCUT2D eigenvalue weighted by molar-refractivity contribution is 6.04. The zero-order valence-electron chi connectivity index (χ0n) is 18.0. The van der Waals surface area contributed by atoms with Gasteiger partial charge in [0.05, 0.1) is 19.4 Å². The first-order chi connectivity index (χ1) is 14.8. The standard InChI is InChI=1S/C26H32N2O2/c1-29-23-18-21-22(19-24(23)30-16-8-15-28-13-5-6-14-28)27-25(26(21)11-7-12-26)17-20-9-3-2-4-10-20/h2-4,9-10,18-19H,5-8,11-17H2,1H3. The second-order valence-corrected chi connectivity index (χ2v) is 8.93. The Kier molecular flexibility index (Phi) is 5.51. The molecule has 3 aliphatic rings. The number of hydrogen-bond donors (Lipinski definition) is 0. The van der Waals surface area contributed by atoms with Crippen LogP contribution in [0.15, 0.2) is 47.5 Å². The van der Waals surface area contributed by atoms with E-state index in [1.807, 2.05) is 0 Å². The third-order valence-electron chi connectivity index (χ3n) is 7.10. The van der Waals surface area contributed by atoms with Crippen molar-refractivity contribution in [1.82, 2.24) is 4.90 Å². The number of ether oxygens (including phenoxy) is 2. The second-order valence-electron chi connectivity index (χ2n) is 8.93. The molecule has 1 spiro atoms. The minimum Gasteiger partial charge on any atom is -0.493 e. The van der Waals surface area contributed by atoms with Gasteiger partial charge in [0.15, 0.2) is 11.5 Å². The highest BCUT2D eigenvalue weighted by atomic mass is 16.5. The molecule has 30 heavy (non-hydrogen) atoms. The molecular weight excluding hydrogens is 372 g/mol. The van der Waals surface area contributed by atoms with E-state index in [1.54, 1.807) is 7.11 Å². The number of aliphatic imine (C=N–C) groups is 1. The van der Waals surface area contributed by atoms with Crippen LogP contribution >= 0.6 is 0 Å². The van der Waals surface area contributed by atoms with Gasteiger partial charge in [-0.3, -0.25) is 4.99 Å². The minimum atomic E-state index is 0.104. The molecule has 158 valence electrons. The van der Waals surface area contributed by atoms with Crippen LogP contribution < -0.4 is 9.47 Å². The summed E-state index contributed by atoms with van der Waals surface area (Å²) in [5, 5.41) is 0. The van der Waals surface area contributed by atoms with Crippen LogP contribution in [0.3, 0.4) is 0 Å². The Balaban J connectivity index is 1.34. The van der Waals surface area contributed by atoms with Crippen molar-refractivity contribution in [2.45, 2.75) is 50.4 Å². The van der Waals surface area contributed by atoms with E-state index < -0.39 is 0 Å². The molecule has 0 amide bonds. The van der Waals surface area contributed by atoms with Gasteiger partial charge in [-0.25, -0.2) is 0 Å². The summed E-state index contributed by atoms with van der Waals surface area (Å²) < 4.78 is 11.9. The lowest BCUT2D eigenvalue weighted by Gasteiger charge is -2.40. The number of nitrogens with zero attached hydrogens (tertiary/aromatic N) is 2.